The quantitative estimate of drug-likeness (QED) is 0.695. The molecule has 8 nitrogen and oxygen atoms in total. The van der Waals surface area contributed by atoms with Crippen LogP contribution in [0.5, 0.6) is 0 Å². The number of amides is 2. The van der Waals surface area contributed by atoms with Gasteiger partial charge in [-0.25, -0.2) is 12.8 Å². The van der Waals surface area contributed by atoms with Crippen molar-refractivity contribution >= 4 is 21.8 Å². The highest BCUT2D eigenvalue weighted by molar-refractivity contribution is 7.89. The number of carbonyl (C=O) groups excluding carboxylic acids is 2. The van der Waals surface area contributed by atoms with E-state index in [2.05, 4.69) is 5.32 Å². The number of likely N-dealkylation sites (tertiary alicyclic amines) is 1. The summed E-state index contributed by atoms with van der Waals surface area (Å²) in [6, 6.07) is 10.7. The average Bonchev–Trinajstić information content (AvgIpc) is 2.85. The van der Waals surface area contributed by atoms with Crippen molar-refractivity contribution in [3.8, 4) is 0 Å². The minimum atomic E-state index is -4.07. The van der Waals surface area contributed by atoms with Crippen LogP contribution in [0.25, 0.3) is 0 Å². The van der Waals surface area contributed by atoms with Gasteiger partial charge in [-0.05, 0) is 49.6 Å². The van der Waals surface area contributed by atoms with Gasteiger partial charge in [0.15, 0.2) is 0 Å². The van der Waals surface area contributed by atoms with E-state index in [9.17, 15) is 22.4 Å². The predicted molar refractivity (Wildman–Crippen MR) is 124 cm³/mol. The van der Waals surface area contributed by atoms with E-state index in [0.29, 0.717) is 31.5 Å². The summed E-state index contributed by atoms with van der Waals surface area (Å²) in [6.45, 7) is 3.46. The largest absolute Gasteiger partial charge is 0.379 e. The Morgan fingerprint density at radius 1 is 1.03 bits per heavy atom. The molecule has 0 aliphatic carbocycles. The summed E-state index contributed by atoms with van der Waals surface area (Å²) in [4.78, 5) is 26.7. The number of nitrogens with one attached hydrogen (secondary N) is 1. The van der Waals surface area contributed by atoms with E-state index in [1.807, 2.05) is 25.1 Å². The number of halogens is 1. The molecule has 0 saturated carbocycles. The Kier molecular flexibility index (Phi) is 7.30. The summed E-state index contributed by atoms with van der Waals surface area (Å²) >= 11 is 0. The Balaban J connectivity index is 1.41. The maximum absolute atomic E-state index is 14.5. The highest BCUT2D eigenvalue weighted by Gasteiger charge is 2.31. The van der Waals surface area contributed by atoms with Gasteiger partial charge in [-0.3, -0.25) is 9.59 Å². The smallest absolute Gasteiger partial charge is 0.253 e. The third kappa shape index (κ3) is 5.13. The first-order valence-corrected chi connectivity index (χ1v) is 12.7. The number of hydrogen-bond donors (Lipinski definition) is 1. The molecule has 2 amide bonds. The second-order valence-electron chi connectivity index (χ2n) is 8.52. The molecule has 2 aliphatic rings. The van der Waals surface area contributed by atoms with Crippen LogP contribution in [0.3, 0.4) is 0 Å². The molecule has 2 aliphatic heterocycles. The lowest BCUT2D eigenvalue weighted by Crippen LogP contribution is -2.46. The van der Waals surface area contributed by atoms with E-state index in [4.69, 9.17) is 4.74 Å². The van der Waals surface area contributed by atoms with Gasteiger partial charge in [-0.1, -0.05) is 18.2 Å². The van der Waals surface area contributed by atoms with Crippen molar-refractivity contribution in [2.24, 2.45) is 0 Å². The molecule has 1 N–H and O–H groups in total. The van der Waals surface area contributed by atoms with Gasteiger partial charge in [0.25, 0.3) is 11.8 Å². The zero-order valence-electron chi connectivity index (χ0n) is 19.0. The Morgan fingerprint density at radius 3 is 2.38 bits per heavy atom. The van der Waals surface area contributed by atoms with Crippen LogP contribution in [0.2, 0.25) is 0 Å². The Labute approximate surface area is 198 Å². The van der Waals surface area contributed by atoms with Crippen molar-refractivity contribution in [3.05, 3.63) is 65.0 Å². The van der Waals surface area contributed by atoms with Gasteiger partial charge in [-0.2, -0.15) is 4.31 Å². The van der Waals surface area contributed by atoms with Crippen molar-refractivity contribution in [1.82, 2.24) is 14.5 Å². The second-order valence-corrected chi connectivity index (χ2v) is 10.4. The highest BCUT2D eigenvalue weighted by atomic mass is 32.2. The van der Waals surface area contributed by atoms with Crippen LogP contribution in [-0.4, -0.2) is 74.9 Å². The van der Waals surface area contributed by atoms with Crippen molar-refractivity contribution < 1.29 is 27.1 Å². The van der Waals surface area contributed by atoms with Crippen LogP contribution >= 0.6 is 0 Å². The van der Waals surface area contributed by atoms with Gasteiger partial charge in [-0.15, -0.1) is 0 Å². The summed E-state index contributed by atoms with van der Waals surface area (Å²) in [5.74, 6) is -1.39. The topological polar surface area (TPSA) is 96.0 Å². The minimum Gasteiger partial charge on any atom is -0.379 e. The van der Waals surface area contributed by atoms with Crippen LogP contribution in [0, 0.1) is 12.7 Å². The van der Waals surface area contributed by atoms with Crippen LogP contribution in [0.1, 0.15) is 39.1 Å². The van der Waals surface area contributed by atoms with Gasteiger partial charge >= 0.3 is 0 Å². The Hall–Kier alpha value is -2.82. The molecule has 0 aromatic heterocycles. The molecule has 34 heavy (non-hydrogen) atoms. The van der Waals surface area contributed by atoms with E-state index in [1.165, 1.54) is 10.4 Å². The number of benzene rings is 2. The summed E-state index contributed by atoms with van der Waals surface area (Å²) in [5, 5.41) is 3.03. The third-order valence-electron chi connectivity index (χ3n) is 6.27. The number of piperidine rings is 1. The van der Waals surface area contributed by atoms with Crippen LogP contribution in [-0.2, 0) is 14.8 Å². The van der Waals surface area contributed by atoms with Crippen LogP contribution in [0.15, 0.2) is 47.4 Å². The first-order chi connectivity index (χ1) is 16.3. The number of aryl methyl sites for hydroxylation is 1. The number of carbonyl (C=O) groups is 2. The molecule has 2 heterocycles. The molecular weight excluding hydrogens is 461 g/mol. The standard InChI is InChI=1S/C24H28FN3O5S/c1-17-4-2-3-5-20(17)23(29)26-19-8-10-27(11-9-19)24(30)18-6-7-21(25)22(16-18)34(31,32)28-12-14-33-15-13-28/h2-7,16,19H,8-15H2,1H3,(H,26,29). The Bertz CT molecular complexity index is 1170. The maximum atomic E-state index is 14.5. The van der Waals surface area contributed by atoms with Crippen LogP contribution < -0.4 is 5.32 Å². The van der Waals surface area contributed by atoms with Gasteiger partial charge < -0.3 is 15.0 Å². The maximum Gasteiger partial charge on any atom is 0.253 e. The number of nitrogens with zero attached hydrogens (tertiary/aromatic N) is 2. The molecular formula is C24H28FN3O5S. The monoisotopic (exact) mass is 489 g/mol. The molecule has 2 fully saturated rings. The summed E-state index contributed by atoms with van der Waals surface area (Å²) in [6.07, 6.45) is 1.15. The zero-order chi connectivity index (χ0) is 24.3. The summed E-state index contributed by atoms with van der Waals surface area (Å²) in [5.41, 5.74) is 1.64. The fourth-order valence-corrected chi connectivity index (χ4v) is 5.76. The molecule has 0 atom stereocenters. The molecule has 0 bridgehead atoms. The molecule has 2 saturated heterocycles. The molecule has 4 rings (SSSR count). The first-order valence-electron chi connectivity index (χ1n) is 11.3. The van der Waals surface area contributed by atoms with E-state index in [-0.39, 0.29) is 49.7 Å². The van der Waals surface area contributed by atoms with E-state index >= 15 is 0 Å². The van der Waals surface area contributed by atoms with E-state index < -0.39 is 20.7 Å². The third-order valence-corrected chi connectivity index (χ3v) is 8.19. The summed E-state index contributed by atoms with van der Waals surface area (Å²) in [7, 11) is -4.07. The van der Waals surface area contributed by atoms with Crippen molar-refractivity contribution in [1.29, 1.82) is 0 Å². The number of sulfonamides is 1. The number of hydrogen-bond acceptors (Lipinski definition) is 5. The molecule has 0 spiro atoms. The molecule has 0 radical (unpaired) electrons. The molecule has 182 valence electrons. The lowest BCUT2D eigenvalue weighted by atomic mass is 10.0. The molecule has 2 aromatic rings. The fourth-order valence-electron chi connectivity index (χ4n) is 4.26. The lowest BCUT2D eigenvalue weighted by Gasteiger charge is -2.32. The van der Waals surface area contributed by atoms with Gasteiger partial charge in [0.2, 0.25) is 10.0 Å². The number of morpholine rings is 1. The predicted octanol–water partition coefficient (Wildman–Crippen LogP) is 2.19. The molecule has 0 unspecified atom stereocenters. The minimum absolute atomic E-state index is 0.0679. The number of rotatable bonds is 5. The second kappa shape index (κ2) is 10.2. The van der Waals surface area contributed by atoms with Crippen LogP contribution in [0.4, 0.5) is 4.39 Å². The van der Waals surface area contributed by atoms with Crippen molar-refractivity contribution in [2.75, 3.05) is 39.4 Å². The molecule has 10 heteroatoms. The zero-order valence-corrected chi connectivity index (χ0v) is 19.8. The average molecular weight is 490 g/mol. The van der Waals surface area contributed by atoms with E-state index in [1.54, 1.807) is 11.0 Å². The summed E-state index contributed by atoms with van der Waals surface area (Å²) < 4.78 is 46.6. The van der Waals surface area contributed by atoms with E-state index in [0.717, 1.165) is 17.7 Å². The van der Waals surface area contributed by atoms with Gasteiger partial charge in [0, 0.05) is 43.3 Å². The number of ether oxygens (including phenoxy) is 1. The van der Waals surface area contributed by atoms with Gasteiger partial charge in [0.1, 0.15) is 10.7 Å². The highest BCUT2D eigenvalue weighted by Crippen LogP contribution is 2.23. The molecule has 2 aromatic carbocycles. The first kappa shape index (κ1) is 24.3. The normalized spacial score (nSPS) is 18.0. The van der Waals surface area contributed by atoms with Crippen molar-refractivity contribution in [2.45, 2.75) is 30.7 Å². The Morgan fingerprint density at radius 2 is 1.71 bits per heavy atom. The lowest BCUT2D eigenvalue weighted by molar-refractivity contribution is 0.0697. The van der Waals surface area contributed by atoms with Gasteiger partial charge in [0.05, 0.1) is 13.2 Å². The van der Waals surface area contributed by atoms with Crippen molar-refractivity contribution in [3.63, 3.8) is 0 Å². The SMILES string of the molecule is Cc1ccccc1C(=O)NC1CCN(C(=O)c2ccc(F)c(S(=O)(=O)N3CCOCC3)c2)CC1. The fraction of sp³-hybridized carbons (Fsp3) is 0.417.